The average molecular weight is 371 g/mol. The summed E-state index contributed by atoms with van der Waals surface area (Å²) in [5.41, 5.74) is 0.492. The fourth-order valence-electron chi connectivity index (χ4n) is 2.00. The second-order valence-electron chi connectivity index (χ2n) is 5.27. The molecule has 132 valence electrons. The highest BCUT2D eigenvalue weighted by Gasteiger charge is 2.30. The Hall–Kier alpha value is -2.54. The molecular weight excluding hydrogens is 357 g/mol. The van der Waals surface area contributed by atoms with Gasteiger partial charge in [-0.15, -0.1) is 0 Å². The summed E-state index contributed by atoms with van der Waals surface area (Å²) < 4.78 is 37.4. The number of alkyl halides is 3. The van der Waals surface area contributed by atoms with Gasteiger partial charge in [0, 0.05) is 16.3 Å². The van der Waals surface area contributed by atoms with Gasteiger partial charge in [-0.1, -0.05) is 17.7 Å². The normalized spacial score (nSPS) is 11.1. The first-order valence-corrected chi connectivity index (χ1v) is 7.56. The molecule has 2 amide bonds. The van der Waals surface area contributed by atoms with Gasteiger partial charge in [0.25, 0.3) is 5.91 Å². The second-order valence-corrected chi connectivity index (χ2v) is 5.70. The molecule has 4 nitrogen and oxygen atoms in total. The average Bonchev–Trinajstić information content (AvgIpc) is 2.55. The lowest BCUT2D eigenvalue weighted by Crippen LogP contribution is -2.33. The molecule has 0 spiro atoms. The van der Waals surface area contributed by atoms with Crippen molar-refractivity contribution in [3.63, 3.8) is 0 Å². The summed E-state index contributed by atoms with van der Waals surface area (Å²) >= 11 is 5.85. The highest BCUT2D eigenvalue weighted by atomic mass is 35.5. The van der Waals surface area contributed by atoms with Crippen LogP contribution in [-0.2, 0) is 11.0 Å². The first-order valence-electron chi connectivity index (χ1n) is 7.18. The lowest BCUT2D eigenvalue weighted by atomic mass is 10.1. The van der Waals surface area contributed by atoms with Gasteiger partial charge in [-0.05, 0) is 48.9 Å². The first-order chi connectivity index (χ1) is 11.7. The number of halogens is 4. The van der Waals surface area contributed by atoms with Crippen molar-refractivity contribution < 1.29 is 22.8 Å². The van der Waals surface area contributed by atoms with Crippen LogP contribution in [0.5, 0.6) is 0 Å². The van der Waals surface area contributed by atoms with Crippen molar-refractivity contribution in [3.8, 4) is 0 Å². The van der Waals surface area contributed by atoms with Crippen molar-refractivity contribution in [2.75, 3.05) is 11.9 Å². The van der Waals surface area contributed by atoms with E-state index in [0.717, 1.165) is 29.8 Å². The van der Waals surface area contributed by atoms with Gasteiger partial charge >= 0.3 is 6.18 Å². The Balaban J connectivity index is 1.93. The van der Waals surface area contributed by atoms with Crippen LogP contribution < -0.4 is 10.6 Å². The Morgan fingerprint density at radius 1 is 1.08 bits per heavy atom. The highest BCUT2D eigenvalue weighted by Crippen LogP contribution is 2.29. The van der Waals surface area contributed by atoms with E-state index in [1.54, 1.807) is 25.1 Å². The summed E-state index contributed by atoms with van der Waals surface area (Å²) in [5, 5.41) is 5.40. The molecule has 2 rings (SSSR count). The first kappa shape index (κ1) is 18.8. The number of benzene rings is 2. The van der Waals surface area contributed by atoms with Crippen molar-refractivity contribution >= 4 is 29.1 Å². The summed E-state index contributed by atoms with van der Waals surface area (Å²) in [6, 6.07) is 8.72. The SMILES string of the molecule is Cc1ccc(Cl)cc1NC(=O)CNC(=O)c1ccc(C(F)(F)F)cc1. The van der Waals surface area contributed by atoms with E-state index >= 15 is 0 Å². The Morgan fingerprint density at radius 3 is 2.32 bits per heavy atom. The molecule has 8 heteroatoms. The molecule has 2 aromatic carbocycles. The highest BCUT2D eigenvalue weighted by molar-refractivity contribution is 6.31. The summed E-state index contributed by atoms with van der Waals surface area (Å²) in [4.78, 5) is 23.8. The molecule has 25 heavy (non-hydrogen) atoms. The predicted molar refractivity (Wildman–Crippen MR) is 88.6 cm³/mol. The zero-order chi connectivity index (χ0) is 18.6. The maximum Gasteiger partial charge on any atom is 0.416 e. The molecular formula is C17H14ClF3N2O2. The van der Waals surface area contributed by atoms with Gasteiger partial charge in [0.2, 0.25) is 5.91 Å². The van der Waals surface area contributed by atoms with Crippen LogP contribution in [0.4, 0.5) is 18.9 Å². The van der Waals surface area contributed by atoms with E-state index in [2.05, 4.69) is 10.6 Å². The molecule has 0 fully saturated rings. The maximum atomic E-state index is 12.5. The minimum absolute atomic E-state index is 0.0275. The molecule has 0 bridgehead atoms. The third kappa shape index (κ3) is 5.22. The molecule has 0 heterocycles. The van der Waals surface area contributed by atoms with E-state index in [9.17, 15) is 22.8 Å². The van der Waals surface area contributed by atoms with Crippen LogP contribution in [0.15, 0.2) is 42.5 Å². The van der Waals surface area contributed by atoms with Crippen LogP contribution in [0.1, 0.15) is 21.5 Å². The van der Waals surface area contributed by atoms with Gasteiger partial charge in [-0.3, -0.25) is 9.59 Å². The maximum absolute atomic E-state index is 12.5. The fourth-order valence-corrected chi connectivity index (χ4v) is 2.17. The van der Waals surface area contributed by atoms with Gasteiger partial charge in [0.05, 0.1) is 12.1 Å². The van der Waals surface area contributed by atoms with Crippen molar-refractivity contribution in [1.82, 2.24) is 5.32 Å². The monoisotopic (exact) mass is 370 g/mol. The minimum atomic E-state index is -4.47. The number of nitrogens with one attached hydrogen (secondary N) is 2. The molecule has 0 radical (unpaired) electrons. The second kappa shape index (κ2) is 7.57. The van der Waals surface area contributed by atoms with E-state index in [4.69, 9.17) is 11.6 Å². The van der Waals surface area contributed by atoms with Crippen molar-refractivity contribution in [1.29, 1.82) is 0 Å². The van der Waals surface area contributed by atoms with Gasteiger partial charge < -0.3 is 10.6 Å². The lowest BCUT2D eigenvalue weighted by Gasteiger charge is -2.10. The molecule has 0 atom stereocenters. The number of hydrogen-bond acceptors (Lipinski definition) is 2. The van der Waals surface area contributed by atoms with Crippen LogP contribution in [0.2, 0.25) is 5.02 Å². The molecule has 0 saturated heterocycles. The third-order valence-electron chi connectivity index (χ3n) is 3.36. The molecule has 0 aliphatic heterocycles. The van der Waals surface area contributed by atoms with E-state index in [1.807, 2.05) is 0 Å². The van der Waals surface area contributed by atoms with Gasteiger partial charge in [0.15, 0.2) is 0 Å². The molecule has 2 N–H and O–H groups in total. The molecule has 0 saturated carbocycles. The third-order valence-corrected chi connectivity index (χ3v) is 3.59. The lowest BCUT2D eigenvalue weighted by molar-refractivity contribution is -0.137. The van der Waals surface area contributed by atoms with Gasteiger partial charge in [-0.25, -0.2) is 0 Å². The van der Waals surface area contributed by atoms with Gasteiger partial charge in [-0.2, -0.15) is 13.2 Å². The molecule has 0 aliphatic carbocycles. The van der Waals surface area contributed by atoms with Crippen LogP contribution in [0.25, 0.3) is 0 Å². The number of amides is 2. The summed E-state index contributed by atoms with van der Waals surface area (Å²) in [5.74, 6) is -1.13. The summed E-state index contributed by atoms with van der Waals surface area (Å²) in [6.45, 7) is 1.46. The Morgan fingerprint density at radius 2 is 1.72 bits per heavy atom. The van der Waals surface area contributed by atoms with E-state index in [0.29, 0.717) is 10.7 Å². The largest absolute Gasteiger partial charge is 0.416 e. The quantitative estimate of drug-likeness (QED) is 0.853. The number of rotatable bonds is 4. The molecule has 0 aromatic heterocycles. The summed E-state index contributed by atoms with van der Waals surface area (Å²) in [7, 11) is 0. The zero-order valence-corrected chi connectivity index (χ0v) is 13.8. The number of aryl methyl sites for hydroxylation is 1. The smallest absolute Gasteiger partial charge is 0.343 e. The molecule has 0 unspecified atom stereocenters. The topological polar surface area (TPSA) is 58.2 Å². The minimum Gasteiger partial charge on any atom is -0.343 e. The van der Waals surface area contributed by atoms with Crippen LogP contribution in [-0.4, -0.2) is 18.4 Å². The Bertz CT molecular complexity index is 789. The zero-order valence-electron chi connectivity index (χ0n) is 13.1. The number of anilines is 1. The number of hydrogen-bond donors (Lipinski definition) is 2. The predicted octanol–water partition coefficient (Wildman–Crippen LogP) is 4.04. The Labute approximate surface area is 147 Å². The van der Waals surface area contributed by atoms with E-state index in [-0.39, 0.29) is 12.1 Å². The van der Waals surface area contributed by atoms with Crippen molar-refractivity contribution in [2.24, 2.45) is 0 Å². The van der Waals surface area contributed by atoms with E-state index in [1.165, 1.54) is 0 Å². The molecule has 0 aliphatic rings. The standard InChI is InChI=1S/C17H14ClF3N2O2/c1-10-2-7-13(18)8-14(10)23-15(24)9-22-16(25)11-3-5-12(6-4-11)17(19,20)21/h2-8H,9H2,1H3,(H,22,25)(H,23,24). The number of carbonyl (C=O) groups excluding carboxylic acids is 2. The fraction of sp³-hybridized carbons (Fsp3) is 0.176. The van der Waals surface area contributed by atoms with Crippen LogP contribution in [0, 0.1) is 6.92 Å². The van der Waals surface area contributed by atoms with Crippen LogP contribution in [0.3, 0.4) is 0 Å². The summed E-state index contributed by atoms with van der Waals surface area (Å²) in [6.07, 6.45) is -4.47. The number of carbonyl (C=O) groups is 2. The molecule has 2 aromatic rings. The van der Waals surface area contributed by atoms with Gasteiger partial charge in [0.1, 0.15) is 0 Å². The Kier molecular flexibility index (Phi) is 5.69. The van der Waals surface area contributed by atoms with Crippen molar-refractivity contribution in [2.45, 2.75) is 13.1 Å². The van der Waals surface area contributed by atoms with Crippen molar-refractivity contribution in [3.05, 3.63) is 64.2 Å². The van der Waals surface area contributed by atoms with E-state index < -0.39 is 23.6 Å². The van der Waals surface area contributed by atoms with Crippen LogP contribution >= 0.6 is 11.6 Å².